The van der Waals surface area contributed by atoms with Crippen LogP contribution in [-0.4, -0.2) is 149 Å². The zero-order valence-electron chi connectivity index (χ0n) is 64.9. The van der Waals surface area contributed by atoms with Crippen molar-refractivity contribution >= 4 is 0 Å². The molecule has 0 aliphatic carbocycles. The van der Waals surface area contributed by atoms with Gasteiger partial charge in [-0.1, -0.05) is 291 Å². The summed E-state index contributed by atoms with van der Waals surface area (Å²) in [6, 6.07) is 96.6. The van der Waals surface area contributed by atoms with E-state index in [4.69, 9.17) is 94.7 Å². The van der Waals surface area contributed by atoms with E-state index in [-0.39, 0.29) is 132 Å². The zero-order chi connectivity index (χ0) is 78.1. The van der Waals surface area contributed by atoms with Gasteiger partial charge in [0, 0.05) is 0 Å². The number of benzene rings is 10. The van der Waals surface area contributed by atoms with E-state index in [0.29, 0.717) is 0 Å². The topological polar surface area (TPSA) is 185 Å². The molecule has 0 aromatic heterocycles. The maximum atomic E-state index is 7.31. The minimum atomic E-state index is -1.54. The van der Waals surface area contributed by atoms with Crippen LogP contribution in [0, 0.1) is 0 Å². The Hall–Kier alpha value is -8.60. The van der Waals surface area contributed by atoms with Crippen LogP contribution < -0.4 is 0 Å². The molecule has 10 heterocycles. The van der Waals surface area contributed by atoms with Crippen LogP contribution in [0.3, 0.4) is 0 Å². The molecule has 10 aromatic rings. The fourth-order valence-corrected chi connectivity index (χ4v) is 16.4. The van der Waals surface area contributed by atoms with E-state index >= 15 is 0 Å². The lowest BCUT2D eigenvalue weighted by molar-refractivity contribution is -0.406. The van der Waals surface area contributed by atoms with Gasteiger partial charge in [0.25, 0.3) is 0 Å². The van der Waals surface area contributed by atoms with Gasteiger partial charge in [-0.05, 0) is 66.8 Å². The van der Waals surface area contributed by atoms with Crippen molar-refractivity contribution in [2.24, 2.45) is 0 Å². The highest BCUT2D eigenvalue weighted by Crippen LogP contribution is 2.50. The van der Waals surface area contributed by atoms with Gasteiger partial charge in [0.05, 0.1) is 106 Å². The summed E-state index contributed by atoms with van der Waals surface area (Å²) in [6.07, 6.45) is -9.19. The SMILES string of the molecule is c1ccc(CO[C@@H]2[C@H]3COCc4cccc(c4)COC[C@H]4OC5(COC6(CO5)O[C@H](COCc5cccc(c5)COC[C@H]5OC7(COC(CO7)(O3)[C@H]2OCc2ccccc2)[C@@H](OCc2ccccc2)[C@@H]5OCc2ccccc2)[C@@H](OCc2ccccc2)[C@@H]6OCc2ccccc2)[C@@H](OCc2ccccc2)[C@@H]4OCc2ccccc2)cc1. The first kappa shape index (κ1) is 79.8. The smallest absolute Gasteiger partial charge is 0.222 e. The first-order valence-electron chi connectivity index (χ1n) is 40.3. The summed E-state index contributed by atoms with van der Waals surface area (Å²) < 4.78 is 142. The summed E-state index contributed by atoms with van der Waals surface area (Å²) in [7, 11) is 0. The van der Waals surface area contributed by atoms with Crippen molar-refractivity contribution in [1.82, 2.24) is 0 Å². The Bertz CT molecular complexity index is 4030. The van der Waals surface area contributed by atoms with Gasteiger partial charge in [-0.3, -0.25) is 0 Å². The molecule has 20 rings (SSSR count). The third-order valence-electron chi connectivity index (χ3n) is 22.3. The van der Waals surface area contributed by atoms with Crippen LogP contribution in [0.5, 0.6) is 0 Å². The van der Waals surface area contributed by atoms with Crippen molar-refractivity contribution in [3.05, 3.63) is 358 Å². The molecule has 0 amide bonds. The lowest BCUT2D eigenvalue weighted by Gasteiger charge is -2.46. The molecule has 6 saturated heterocycles. The Balaban J connectivity index is 0.700. The molecule has 4 spiro atoms. The minimum absolute atomic E-state index is 0.0912. The molecule has 0 N–H and O–H groups in total. The molecule has 10 aliphatic heterocycles. The van der Waals surface area contributed by atoms with E-state index in [1.165, 1.54) is 0 Å². The third kappa shape index (κ3) is 19.4. The number of ether oxygens (including phenoxy) is 20. The third-order valence-corrected chi connectivity index (χ3v) is 22.3. The lowest BCUT2D eigenvalue weighted by atomic mass is 10.0. The van der Waals surface area contributed by atoms with E-state index in [1.54, 1.807) is 0 Å². The van der Waals surface area contributed by atoms with E-state index in [1.807, 2.05) is 279 Å². The molecule has 20 nitrogen and oxygen atoms in total. The van der Waals surface area contributed by atoms with Crippen LogP contribution in [-0.2, 0) is 174 Å². The van der Waals surface area contributed by atoms with E-state index < -0.39 is 96.4 Å². The van der Waals surface area contributed by atoms with Crippen LogP contribution in [0.25, 0.3) is 0 Å². The van der Waals surface area contributed by atoms with Crippen LogP contribution in [0.4, 0.5) is 0 Å². The standard InChI is InChI=1S/C96H100O20/c1-9-27-69(28-10-1)53-101-85-81-61-97-49-77-43-25-44-78(47-77)50-98-63-83-87(103-55-71-31-13-3-14-32-71)91(107-59-75-39-21-7-22-40-75)95(115-83)67-112-96(68-111-95)92(108-60-76-41-23-8-24-42-76)88(104-56-72-33-15-4-16-34-72)84(116-96)64-100-52-80-46-26-45-79(48-80)51-99-62-82-86(102-54-70-29-11-2-12-30-70)90(106-58-74-37-19-6-20-38-74)94(114-82)66-109-93(113-81,65-110-94)89(85)105-57-73-35-17-5-18-36-73/h1-48,81-92H,49-68H2/t81-,82-,83-,84-,85-,86-,87-,88-,89+,90+,91+,92+,93?,94?,95?,96?/m1/s1. The van der Waals surface area contributed by atoms with E-state index in [0.717, 1.165) is 66.8 Å². The number of hydrogen-bond donors (Lipinski definition) is 0. The summed E-state index contributed by atoms with van der Waals surface area (Å²) in [4.78, 5) is 0. The predicted molar refractivity (Wildman–Crippen MR) is 426 cm³/mol. The van der Waals surface area contributed by atoms with Crippen LogP contribution in [0.2, 0.25) is 0 Å². The van der Waals surface area contributed by atoms with Gasteiger partial charge in [0.2, 0.25) is 23.1 Å². The quantitative estimate of drug-likeness (QED) is 0.0556. The minimum Gasteiger partial charge on any atom is -0.374 e. The number of rotatable bonds is 24. The summed E-state index contributed by atoms with van der Waals surface area (Å²) in [5, 5.41) is 0. The maximum absolute atomic E-state index is 7.31. The summed E-state index contributed by atoms with van der Waals surface area (Å²) >= 11 is 0. The van der Waals surface area contributed by atoms with Gasteiger partial charge in [0.15, 0.2) is 0 Å². The summed E-state index contributed by atoms with van der Waals surface area (Å²) in [5.41, 5.74) is 11.3. The monoisotopic (exact) mass is 1570 g/mol. The summed E-state index contributed by atoms with van der Waals surface area (Å²) in [6.45, 7) is 2.50. The fourth-order valence-electron chi connectivity index (χ4n) is 16.4. The Labute approximate surface area is 677 Å². The molecule has 604 valence electrons. The van der Waals surface area contributed by atoms with Gasteiger partial charge in [-0.25, -0.2) is 0 Å². The zero-order valence-corrected chi connectivity index (χ0v) is 64.9. The summed E-state index contributed by atoms with van der Waals surface area (Å²) in [5.74, 6) is -6.15. The first-order valence-corrected chi connectivity index (χ1v) is 40.3. The average molecular weight is 1570 g/mol. The maximum Gasteiger partial charge on any atom is 0.222 e. The molecule has 4 unspecified atom stereocenters. The van der Waals surface area contributed by atoms with Gasteiger partial charge in [0.1, 0.15) is 99.7 Å². The molecule has 116 heavy (non-hydrogen) atoms. The fraction of sp³-hybridized carbons (Fsp3) is 0.375. The van der Waals surface area contributed by atoms with Crippen molar-refractivity contribution in [2.75, 3.05) is 52.9 Å². The first-order chi connectivity index (χ1) is 57.3. The molecule has 6 fully saturated rings. The van der Waals surface area contributed by atoms with Crippen molar-refractivity contribution in [3.63, 3.8) is 0 Å². The lowest BCUT2D eigenvalue weighted by Crippen LogP contribution is -2.63. The second-order valence-electron chi connectivity index (χ2n) is 30.6. The highest BCUT2D eigenvalue weighted by Gasteiger charge is 2.69. The largest absolute Gasteiger partial charge is 0.374 e. The molecular formula is C96H100O20. The molecule has 16 atom stereocenters. The molecule has 10 aliphatic rings. The Morgan fingerprint density at radius 1 is 0.216 bits per heavy atom. The van der Waals surface area contributed by atoms with Crippen LogP contribution in [0.15, 0.2) is 291 Å². The second kappa shape index (κ2) is 38.4. The van der Waals surface area contributed by atoms with E-state index in [2.05, 4.69) is 12.1 Å². The Morgan fingerprint density at radius 2 is 0.397 bits per heavy atom. The Kier molecular flexibility index (Phi) is 26.4. The van der Waals surface area contributed by atoms with Crippen molar-refractivity contribution in [3.8, 4) is 0 Å². The van der Waals surface area contributed by atoms with Gasteiger partial charge < -0.3 is 94.7 Å². The molecular weight excluding hydrogens is 1470 g/mol. The highest BCUT2D eigenvalue weighted by molar-refractivity contribution is 5.26. The van der Waals surface area contributed by atoms with Gasteiger partial charge >= 0.3 is 0 Å². The predicted octanol–water partition coefficient (Wildman–Crippen LogP) is 14.6. The van der Waals surface area contributed by atoms with Crippen LogP contribution in [0.1, 0.15) is 66.8 Å². The second-order valence-corrected chi connectivity index (χ2v) is 30.6. The van der Waals surface area contributed by atoms with Gasteiger partial charge in [-0.2, -0.15) is 0 Å². The molecule has 12 bridgehead atoms. The van der Waals surface area contributed by atoms with Gasteiger partial charge in [-0.15, -0.1) is 0 Å². The molecule has 0 saturated carbocycles. The van der Waals surface area contributed by atoms with Crippen molar-refractivity contribution in [1.29, 1.82) is 0 Å². The van der Waals surface area contributed by atoms with Crippen molar-refractivity contribution in [2.45, 2.75) is 176 Å². The number of hydrogen-bond acceptors (Lipinski definition) is 20. The van der Waals surface area contributed by atoms with E-state index in [9.17, 15) is 0 Å². The molecule has 0 radical (unpaired) electrons. The van der Waals surface area contributed by atoms with Crippen LogP contribution >= 0.6 is 0 Å². The highest BCUT2D eigenvalue weighted by atomic mass is 16.8. The average Bonchev–Trinajstić information content (AvgIpc) is 1.57. The molecule has 10 aromatic carbocycles. The van der Waals surface area contributed by atoms with Crippen molar-refractivity contribution < 1.29 is 94.7 Å². The normalized spacial score (nSPS) is 29.6. The molecule has 20 heteroatoms. The Morgan fingerprint density at radius 3 is 0.578 bits per heavy atom.